The first kappa shape index (κ1) is 25.0. The number of ether oxygens (including phenoxy) is 2. The van der Waals surface area contributed by atoms with Crippen molar-refractivity contribution in [2.45, 2.75) is 69.9 Å². The fraction of sp³-hybridized carbons (Fsp3) is 0.609. The zero-order valence-corrected chi connectivity index (χ0v) is 19.0. The van der Waals surface area contributed by atoms with Crippen molar-refractivity contribution in [2.75, 3.05) is 19.7 Å². The Kier molecular flexibility index (Phi) is 7.07. The molecule has 2 aliphatic heterocycles. The molecule has 1 N–H and O–H groups in total. The molecule has 10 heteroatoms. The molecule has 0 aromatic heterocycles. The predicted molar refractivity (Wildman–Crippen MR) is 113 cm³/mol. The lowest BCUT2D eigenvalue weighted by Crippen LogP contribution is -2.51. The van der Waals surface area contributed by atoms with Gasteiger partial charge in [0.15, 0.2) is 5.78 Å². The van der Waals surface area contributed by atoms with Crippen LogP contribution in [0.4, 0.5) is 18.0 Å². The van der Waals surface area contributed by atoms with Gasteiger partial charge in [0.25, 0.3) is 0 Å². The third-order valence-electron chi connectivity index (χ3n) is 5.71. The number of ketones is 1. The molecule has 3 rings (SSSR count). The topological polar surface area (TPSA) is 84.9 Å². The quantitative estimate of drug-likeness (QED) is 0.659. The molecule has 7 nitrogen and oxygen atoms in total. The van der Waals surface area contributed by atoms with Crippen LogP contribution in [0, 0.1) is 0 Å². The average molecular weight is 470 g/mol. The minimum atomic E-state index is -4.55. The highest BCUT2D eigenvalue weighted by Gasteiger charge is 2.52. The summed E-state index contributed by atoms with van der Waals surface area (Å²) in [6, 6.07) is 3.68. The Morgan fingerprint density at radius 3 is 2.55 bits per heavy atom. The van der Waals surface area contributed by atoms with Gasteiger partial charge in [-0.25, -0.2) is 4.79 Å². The standard InChI is InChI=1S/C23H29F3N2O5/c1-21(2,3)33-20(31)28-13-18(22(14-28)10-5-11-32-22)27-19(30)9-8-17(29)15-6-4-7-16(12-15)23(24,25)26/h4,6-7,12,18H,5,8-11,13-14H2,1-3H3,(H,27,30)/t18-,22?/m0/s1. The summed E-state index contributed by atoms with van der Waals surface area (Å²) in [4.78, 5) is 38.9. The van der Waals surface area contributed by atoms with Gasteiger partial charge in [0.05, 0.1) is 18.2 Å². The molecule has 1 spiro atoms. The van der Waals surface area contributed by atoms with Crippen LogP contribution in [0.5, 0.6) is 0 Å². The van der Waals surface area contributed by atoms with E-state index >= 15 is 0 Å². The van der Waals surface area contributed by atoms with Crippen LogP contribution in [0.3, 0.4) is 0 Å². The smallest absolute Gasteiger partial charge is 0.416 e. The monoisotopic (exact) mass is 470 g/mol. The number of Topliss-reactive ketones (excluding diaryl/α,β-unsaturated/α-hetero) is 1. The number of amides is 2. The summed E-state index contributed by atoms with van der Waals surface area (Å²) in [5, 5.41) is 2.86. The fourth-order valence-corrected chi connectivity index (χ4v) is 4.15. The van der Waals surface area contributed by atoms with E-state index in [2.05, 4.69) is 5.32 Å². The van der Waals surface area contributed by atoms with E-state index < -0.39 is 46.8 Å². The first-order valence-electron chi connectivity index (χ1n) is 10.9. The average Bonchev–Trinajstić information content (AvgIpc) is 3.32. The van der Waals surface area contributed by atoms with Crippen molar-refractivity contribution in [3.63, 3.8) is 0 Å². The van der Waals surface area contributed by atoms with Gasteiger partial charge in [-0.1, -0.05) is 12.1 Å². The van der Waals surface area contributed by atoms with Gasteiger partial charge in [0, 0.05) is 31.6 Å². The van der Waals surface area contributed by atoms with Crippen LogP contribution in [0.1, 0.15) is 62.4 Å². The summed E-state index contributed by atoms with van der Waals surface area (Å²) < 4.78 is 50.0. The number of halogens is 3. The number of nitrogens with one attached hydrogen (secondary N) is 1. The van der Waals surface area contributed by atoms with Crippen LogP contribution in [-0.2, 0) is 20.4 Å². The molecular formula is C23H29F3N2O5. The van der Waals surface area contributed by atoms with Crippen molar-refractivity contribution in [1.29, 1.82) is 0 Å². The highest BCUT2D eigenvalue weighted by Crippen LogP contribution is 2.36. The molecule has 2 heterocycles. The van der Waals surface area contributed by atoms with Crippen molar-refractivity contribution in [1.82, 2.24) is 10.2 Å². The number of benzene rings is 1. The van der Waals surface area contributed by atoms with E-state index in [1.807, 2.05) is 0 Å². The van der Waals surface area contributed by atoms with E-state index in [4.69, 9.17) is 9.47 Å². The molecule has 0 aliphatic carbocycles. The third-order valence-corrected chi connectivity index (χ3v) is 5.71. The maximum absolute atomic E-state index is 12.9. The maximum Gasteiger partial charge on any atom is 0.416 e. The van der Waals surface area contributed by atoms with Crippen molar-refractivity contribution < 1.29 is 37.0 Å². The van der Waals surface area contributed by atoms with Gasteiger partial charge in [-0.2, -0.15) is 13.2 Å². The molecule has 2 fully saturated rings. The Bertz CT molecular complexity index is 904. The van der Waals surface area contributed by atoms with Gasteiger partial charge in [0.2, 0.25) is 5.91 Å². The van der Waals surface area contributed by atoms with Crippen molar-refractivity contribution in [2.24, 2.45) is 0 Å². The van der Waals surface area contributed by atoms with Gasteiger partial charge in [-0.05, 0) is 45.7 Å². The number of rotatable bonds is 5. The highest BCUT2D eigenvalue weighted by molar-refractivity contribution is 5.98. The molecule has 2 aliphatic rings. The van der Waals surface area contributed by atoms with Crippen LogP contribution < -0.4 is 5.32 Å². The van der Waals surface area contributed by atoms with Gasteiger partial charge in [-0.15, -0.1) is 0 Å². The maximum atomic E-state index is 12.9. The zero-order valence-electron chi connectivity index (χ0n) is 19.0. The summed E-state index contributed by atoms with van der Waals surface area (Å²) in [5.41, 5.74) is -2.37. The van der Waals surface area contributed by atoms with Crippen LogP contribution in [-0.4, -0.2) is 59.6 Å². The van der Waals surface area contributed by atoms with Crippen LogP contribution in [0.25, 0.3) is 0 Å². The lowest BCUT2D eigenvalue weighted by Gasteiger charge is -2.29. The van der Waals surface area contributed by atoms with E-state index in [9.17, 15) is 27.6 Å². The highest BCUT2D eigenvalue weighted by atomic mass is 19.4. The molecule has 1 aromatic carbocycles. The second kappa shape index (κ2) is 9.32. The molecule has 2 saturated heterocycles. The Balaban J connectivity index is 1.59. The molecular weight excluding hydrogens is 441 g/mol. The van der Waals surface area contributed by atoms with E-state index in [0.717, 1.165) is 18.6 Å². The SMILES string of the molecule is CC(C)(C)OC(=O)N1C[C@H](NC(=O)CCC(=O)c2cccc(C(F)(F)F)c2)C2(CCCO2)C1. The lowest BCUT2D eigenvalue weighted by atomic mass is 9.94. The second-order valence-corrected chi connectivity index (χ2v) is 9.50. The molecule has 182 valence electrons. The molecule has 2 amide bonds. The molecule has 2 atom stereocenters. The van der Waals surface area contributed by atoms with Crippen LogP contribution >= 0.6 is 0 Å². The normalized spacial score (nSPS) is 23.1. The minimum absolute atomic E-state index is 0.0924. The largest absolute Gasteiger partial charge is 0.444 e. The van der Waals surface area contributed by atoms with Gasteiger partial charge in [-0.3, -0.25) is 9.59 Å². The Labute approximate surface area is 190 Å². The van der Waals surface area contributed by atoms with E-state index in [0.29, 0.717) is 13.0 Å². The van der Waals surface area contributed by atoms with Gasteiger partial charge < -0.3 is 19.7 Å². The first-order chi connectivity index (χ1) is 15.3. The summed E-state index contributed by atoms with van der Waals surface area (Å²) in [5.74, 6) is -0.980. The molecule has 0 saturated carbocycles. The Hall–Kier alpha value is -2.62. The van der Waals surface area contributed by atoms with Crippen LogP contribution in [0.15, 0.2) is 24.3 Å². The summed E-state index contributed by atoms with van der Waals surface area (Å²) in [6.07, 6.45) is -4.00. The van der Waals surface area contributed by atoms with Crippen molar-refractivity contribution >= 4 is 17.8 Å². The first-order valence-corrected chi connectivity index (χ1v) is 10.9. The lowest BCUT2D eigenvalue weighted by molar-refractivity contribution is -0.137. The number of hydrogen-bond donors (Lipinski definition) is 1. The number of carbonyl (C=O) groups is 3. The summed E-state index contributed by atoms with van der Waals surface area (Å²) in [7, 11) is 0. The molecule has 1 unspecified atom stereocenters. The van der Waals surface area contributed by atoms with E-state index in [-0.39, 0.29) is 31.5 Å². The number of carbonyl (C=O) groups excluding carboxylic acids is 3. The van der Waals surface area contributed by atoms with E-state index in [1.54, 1.807) is 20.8 Å². The minimum Gasteiger partial charge on any atom is -0.444 e. The second-order valence-electron chi connectivity index (χ2n) is 9.50. The van der Waals surface area contributed by atoms with Crippen molar-refractivity contribution in [3.8, 4) is 0 Å². The number of hydrogen-bond acceptors (Lipinski definition) is 5. The Morgan fingerprint density at radius 1 is 1.21 bits per heavy atom. The zero-order chi connectivity index (χ0) is 24.4. The predicted octanol–water partition coefficient (Wildman–Crippen LogP) is 3.95. The third kappa shape index (κ3) is 6.25. The van der Waals surface area contributed by atoms with Gasteiger partial charge >= 0.3 is 12.3 Å². The molecule has 0 radical (unpaired) electrons. The number of nitrogens with zero attached hydrogens (tertiary/aromatic N) is 1. The van der Waals surface area contributed by atoms with Gasteiger partial charge in [0.1, 0.15) is 11.2 Å². The molecule has 0 bridgehead atoms. The summed E-state index contributed by atoms with van der Waals surface area (Å²) in [6.45, 7) is 6.32. The fourth-order valence-electron chi connectivity index (χ4n) is 4.15. The molecule has 1 aromatic rings. The number of likely N-dealkylation sites (tertiary alicyclic amines) is 1. The van der Waals surface area contributed by atoms with Crippen LogP contribution in [0.2, 0.25) is 0 Å². The molecule has 33 heavy (non-hydrogen) atoms. The van der Waals surface area contributed by atoms with E-state index in [1.165, 1.54) is 17.0 Å². The number of alkyl halides is 3. The summed E-state index contributed by atoms with van der Waals surface area (Å²) >= 11 is 0. The Morgan fingerprint density at radius 2 is 1.94 bits per heavy atom. The van der Waals surface area contributed by atoms with Crippen molar-refractivity contribution in [3.05, 3.63) is 35.4 Å².